The molecule has 0 saturated carbocycles. The average Bonchev–Trinajstić information content (AvgIpc) is 1.94. The highest BCUT2D eigenvalue weighted by atomic mass is 35.7. The van der Waals surface area contributed by atoms with Crippen LogP contribution in [0.4, 0.5) is 0 Å². The summed E-state index contributed by atoms with van der Waals surface area (Å²) in [4.78, 5) is -0.371. The predicted octanol–water partition coefficient (Wildman–Crippen LogP) is 2.28. The van der Waals surface area contributed by atoms with E-state index in [-0.39, 0.29) is 9.92 Å². The lowest BCUT2D eigenvalue weighted by Gasteiger charge is -2.03. The lowest BCUT2D eigenvalue weighted by molar-refractivity contribution is 0.459. The minimum absolute atomic E-state index is 0.247. The van der Waals surface area contributed by atoms with E-state index < -0.39 is 14.8 Å². The van der Waals surface area contributed by atoms with Crippen LogP contribution in [-0.2, 0) is 9.05 Å². The first kappa shape index (κ1) is 10.6. The van der Waals surface area contributed by atoms with E-state index in [0.29, 0.717) is 5.56 Å². The Morgan fingerprint density at radius 3 is 2.38 bits per heavy atom. The number of phenols is 1. The van der Waals surface area contributed by atoms with E-state index in [1.165, 1.54) is 6.07 Å². The Balaban J connectivity index is 3.50. The van der Waals surface area contributed by atoms with Gasteiger partial charge in [0.2, 0.25) is 0 Å². The van der Waals surface area contributed by atoms with Crippen molar-refractivity contribution in [2.24, 2.45) is 0 Å². The molecule has 0 bridgehead atoms. The summed E-state index contributed by atoms with van der Waals surface area (Å²) >= 11 is 5.66. The zero-order valence-corrected chi connectivity index (χ0v) is 8.91. The SMILES string of the molecule is Cc1cc(O)c(S(=O)(=O)Cl)cc1Cl. The molecule has 13 heavy (non-hydrogen) atoms. The number of benzene rings is 1. The largest absolute Gasteiger partial charge is 0.507 e. The zero-order valence-electron chi connectivity index (χ0n) is 6.58. The van der Waals surface area contributed by atoms with Crippen molar-refractivity contribution in [3.63, 3.8) is 0 Å². The Morgan fingerprint density at radius 2 is 1.92 bits per heavy atom. The number of aryl methyl sites for hydroxylation is 1. The third-order valence-corrected chi connectivity index (χ3v) is 3.26. The van der Waals surface area contributed by atoms with Gasteiger partial charge in [-0.3, -0.25) is 0 Å². The lowest BCUT2D eigenvalue weighted by atomic mass is 10.2. The van der Waals surface area contributed by atoms with Crippen LogP contribution in [0.3, 0.4) is 0 Å². The number of phenolic OH excluding ortho intramolecular Hbond substituents is 1. The Kier molecular flexibility index (Phi) is 2.75. The molecule has 0 unspecified atom stereocenters. The van der Waals surface area contributed by atoms with Gasteiger partial charge >= 0.3 is 0 Å². The normalized spacial score (nSPS) is 11.6. The first-order valence-electron chi connectivity index (χ1n) is 3.26. The molecule has 1 aromatic rings. The van der Waals surface area contributed by atoms with E-state index in [2.05, 4.69) is 0 Å². The summed E-state index contributed by atoms with van der Waals surface area (Å²) in [6, 6.07) is 2.37. The number of hydrogen-bond acceptors (Lipinski definition) is 3. The molecular weight excluding hydrogens is 235 g/mol. The predicted molar refractivity (Wildman–Crippen MR) is 50.9 cm³/mol. The van der Waals surface area contributed by atoms with Crippen LogP contribution in [0.25, 0.3) is 0 Å². The first-order valence-corrected chi connectivity index (χ1v) is 5.95. The van der Waals surface area contributed by atoms with Crippen molar-refractivity contribution in [1.29, 1.82) is 0 Å². The lowest BCUT2D eigenvalue weighted by Crippen LogP contribution is -1.92. The summed E-state index contributed by atoms with van der Waals surface area (Å²) in [7, 11) is 1.11. The monoisotopic (exact) mass is 240 g/mol. The summed E-state index contributed by atoms with van der Waals surface area (Å²) in [6.07, 6.45) is 0. The van der Waals surface area contributed by atoms with Gasteiger partial charge in [0.05, 0.1) is 0 Å². The van der Waals surface area contributed by atoms with Crippen molar-refractivity contribution >= 4 is 31.3 Å². The highest BCUT2D eigenvalue weighted by molar-refractivity contribution is 8.13. The van der Waals surface area contributed by atoms with Gasteiger partial charge in [-0.1, -0.05) is 11.6 Å². The van der Waals surface area contributed by atoms with Crippen molar-refractivity contribution in [3.05, 3.63) is 22.7 Å². The molecule has 3 nitrogen and oxygen atoms in total. The fourth-order valence-electron chi connectivity index (χ4n) is 0.843. The molecule has 0 amide bonds. The van der Waals surface area contributed by atoms with Crippen molar-refractivity contribution in [1.82, 2.24) is 0 Å². The Bertz CT molecular complexity index is 439. The van der Waals surface area contributed by atoms with E-state index in [1.54, 1.807) is 6.92 Å². The van der Waals surface area contributed by atoms with Crippen molar-refractivity contribution < 1.29 is 13.5 Å². The van der Waals surface area contributed by atoms with E-state index >= 15 is 0 Å². The van der Waals surface area contributed by atoms with Gasteiger partial charge in [-0.2, -0.15) is 0 Å². The Hall–Kier alpha value is -0.450. The third kappa shape index (κ3) is 2.27. The van der Waals surface area contributed by atoms with Gasteiger partial charge in [-0.15, -0.1) is 0 Å². The molecule has 0 spiro atoms. The molecule has 0 aliphatic rings. The molecule has 0 heterocycles. The fourth-order valence-corrected chi connectivity index (χ4v) is 2.01. The van der Waals surface area contributed by atoms with Crippen LogP contribution in [0.1, 0.15) is 5.56 Å². The van der Waals surface area contributed by atoms with Gasteiger partial charge in [0.1, 0.15) is 10.6 Å². The second kappa shape index (κ2) is 3.36. The Labute approximate surface area is 85.3 Å². The quantitative estimate of drug-likeness (QED) is 0.767. The van der Waals surface area contributed by atoms with E-state index in [0.717, 1.165) is 6.07 Å². The molecule has 0 saturated heterocycles. The molecule has 1 N–H and O–H groups in total. The van der Waals surface area contributed by atoms with Crippen LogP contribution in [0.2, 0.25) is 5.02 Å². The molecule has 72 valence electrons. The van der Waals surface area contributed by atoms with Gasteiger partial charge < -0.3 is 5.11 Å². The van der Waals surface area contributed by atoms with Gasteiger partial charge in [-0.25, -0.2) is 8.42 Å². The summed E-state index contributed by atoms with van der Waals surface area (Å²) in [5.74, 6) is -0.392. The van der Waals surface area contributed by atoms with Crippen molar-refractivity contribution in [2.45, 2.75) is 11.8 Å². The van der Waals surface area contributed by atoms with Crippen LogP contribution in [-0.4, -0.2) is 13.5 Å². The minimum Gasteiger partial charge on any atom is -0.507 e. The van der Waals surface area contributed by atoms with Gasteiger partial charge in [-0.05, 0) is 24.6 Å². The summed E-state index contributed by atoms with van der Waals surface area (Å²) in [5, 5.41) is 9.48. The molecule has 0 aliphatic heterocycles. The molecule has 0 aromatic heterocycles. The number of aromatic hydroxyl groups is 1. The molecule has 0 atom stereocenters. The Morgan fingerprint density at radius 1 is 1.38 bits per heavy atom. The molecule has 0 aliphatic carbocycles. The standard InChI is InChI=1S/C7H6Cl2O3S/c1-4-2-6(10)7(3-5(4)8)13(9,11)12/h2-3,10H,1H3. The highest BCUT2D eigenvalue weighted by Gasteiger charge is 2.16. The van der Waals surface area contributed by atoms with Gasteiger partial charge in [0.15, 0.2) is 0 Å². The average molecular weight is 241 g/mol. The molecule has 0 fully saturated rings. The van der Waals surface area contributed by atoms with Crippen LogP contribution in [0, 0.1) is 6.92 Å². The maximum Gasteiger partial charge on any atom is 0.265 e. The van der Waals surface area contributed by atoms with Crippen molar-refractivity contribution in [2.75, 3.05) is 0 Å². The van der Waals surface area contributed by atoms with Gasteiger partial charge in [0.25, 0.3) is 9.05 Å². The van der Waals surface area contributed by atoms with Crippen LogP contribution >= 0.6 is 22.3 Å². The molecule has 6 heteroatoms. The van der Waals surface area contributed by atoms with Crippen LogP contribution in [0.5, 0.6) is 5.75 Å². The summed E-state index contributed by atoms with van der Waals surface area (Å²) in [5.41, 5.74) is 0.586. The molecule has 1 aromatic carbocycles. The topological polar surface area (TPSA) is 54.4 Å². The summed E-state index contributed by atoms with van der Waals surface area (Å²) in [6.45, 7) is 1.65. The molecule has 0 radical (unpaired) electrons. The smallest absolute Gasteiger partial charge is 0.265 e. The highest BCUT2D eigenvalue weighted by Crippen LogP contribution is 2.31. The van der Waals surface area contributed by atoms with Crippen molar-refractivity contribution in [3.8, 4) is 5.75 Å². The van der Waals surface area contributed by atoms with Gasteiger partial charge in [0, 0.05) is 15.7 Å². The second-order valence-electron chi connectivity index (χ2n) is 2.51. The number of rotatable bonds is 1. The molecule has 1 rings (SSSR count). The molecular formula is C7H6Cl2O3S. The zero-order chi connectivity index (χ0) is 10.2. The maximum atomic E-state index is 10.9. The third-order valence-electron chi connectivity index (χ3n) is 1.50. The number of hydrogen-bond donors (Lipinski definition) is 1. The minimum atomic E-state index is -3.93. The van der Waals surface area contributed by atoms with Crippen LogP contribution in [0.15, 0.2) is 17.0 Å². The summed E-state index contributed by atoms with van der Waals surface area (Å²) < 4.78 is 21.7. The van der Waals surface area contributed by atoms with E-state index in [1.807, 2.05) is 0 Å². The van der Waals surface area contributed by atoms with E-state index in [4.69, 9.17) is 22.3 Å². The maximum absolute atomic E-state index is 10.9. The number of halogens is 2. The fraction of sp³-hybridized carbons (Fsp3) is 0.143. The van der Waals surface area contributed by atoms with Crippen LogP contribution < -0.4 is 0 Å². The van der Waals surface area contributed by atoms with E-state index in [9.17, 15) is 13.5 Å². The first-order chi connectivity index (χ1) is 5.82. The second-order valence-corrected chi connectivity index (χ2v) is 5.45.